The number of hydrogen-bond donors (Lipinski definition) is 1. The minimum Gasteiger partial charge on any atom is -0.325 e. The molecule has 0 aliphatic carbocycles. The van der Waals surface area contributed by atoms with E-state index in [0.29, 0.717) is 18.8 Å². The maximum atomic E-state index is 13.8. The lowest BCUT2D eigenvalue weighted by atomic mass is 10.1. The van der Waals surface area contributed by atoms with Crippen molar-refractivity contribution in [1.82, 2.24) is 23.7 Å². The van der Waals surface area contributed by atoms with Gasteiger partial charge in [-0.15, -0.1) is 11.3 Å². The quantitative estimate of drug-likeness (QED) is 0.191. The highest BCUT2D eigenvalue weighted by Gasteiger charge is 2.40. The molecular weight excluding hydrogens is 569 g/mol. The van der Waals surface area contributed by atoms with Crippen LogP contribution in [0.3, 0.4) is 0 Å². The molecule has 1 aliphatic heterocycles. The molecule has 224 valence electrons. The summed E-state index contributed by atoms with van der Waals surface area (Å²) in [5, 5.41) is 4.77. The molecule has 42 heavy (non-hydrogen) atoms. The lowest BCUT2D eigenvalue weighted by molar-refractivity contribution is -0.121. The zero-order valence-corrected chi connectivity index (χ0v) is 26.0. The van der Waals surface area contributed by atoms with E-state index in [1.807, 2.05) is 30.3 Å². The number of anilines is 1. The molecule has 1 fully saturated rings. The fraction of sp³-hybridized carbons (Fsp3) is 0.452. The number of sulfonamides is 1. The van der Waals surface area contributed by atoms with Crippen LogP contribution in [0.15, 0.2) is 64.4 Å². The van der Waals surface area contributed by atoms with E-state index in [1.165, 1.54) is 41.3 Å². The number of nitrogens with one attached hydrogen (secondary N) is 1. The molecule has 0 bridgehead atoms. The Bertz CT molecular complexity index is 1570. The predicted molar refractivity (Wildman–Crippen MR) is 169 cm³/mol. The number of hydrogen-bond acceptors (Lipinski definition) is 7. The molecule has 0 spiro atoms. The first-order valence-electron chi connectivity index (χ1n) is 14.9. The van der Waals surface area contributed by atoms with Crippen LogP contribution in [0, 0.1) is 0 Å². The van der Waals surface area contributed by atoms with Crippen LogP contribution in [0.4, 0.5) is 5.69 Å². The van der Waals surface area contributed by atoms with Gasteiger partial charge >= 0.3 is 0 Å². The number of unbranched alkanes of at least 4 members (excludes halogenated alkanes) is 5. The maximum Gasteiger partial charge on any atom is 0.253 e. The van der Waals surface area contributed by atoms with Crippen LogP contribution in [-0.4, -0.2) is 70.3 Å². The second-order valence-electron chi connectivity index (χ2n) is 10.7. The van der Waals surface area contributed by atoms with Crippen molar-refractivity contribution in [1.29, 1.82) is 0 Å². The maximum absolute atomic E-state index is 13.8. The van der Waals surface area contributed by atoms with Gasteiger partial charge in [-0.1, -0.05) is 45.1 Å². The summed E-state index contributed by atoms with van der Waals surface area (Å²) in [7, 11) is -3.79. The van der Waals surface area contributed by atoms with Gasteiger partial charge in [0, 0.05) is 49.8 Å². The number of fused-ring (bicyclic) bond motifs is 1. The SMILES string of the molecule is CCCCCCCCN1CCN(S(=O)(=O)c2cccs2)[C@H](C(=O)Nc2ccc3c(c2)nc(-c2cccnc2)n3CC)C1. The summed E-state index contributed by atoms with van der Waals surface area (Å²) in [6, 6.07) is 12.0. The van der Waals surface area contributed by atoms with Crippen molar-refractivity contribution in [2.45, 2.75) is 69.2 Å². The summed E-state index contributed by atoms with van der Waals surface area (Å²) < 4.78 is 30.9. The van der Waals surface area contributed by atoms with Gasteiger partial charge in [0.15, 0.2) is 0 Å². The van der Waals surface area contributed by atoms with Gasteiger partial charge in [-0.25, -0.2) is 13.4 Å². The molecule has 1 saturated heterocycles. The van der Waals surface area contributed by atoms with E-state index in [-0.39, 0.29) is 16.7 Å². The number of piperazine rings is 1. The highest BCUT2D eigenvalue weighted by atomic mass is 32.2. The highest BCUT2D eigenvalue weighted by Crippen LogP contribution is 2.28. The van der Waals surface area contributed by atoms with E-state index in [4.69, 9.17) is 4.98 Å². The van der Waals surface area contributed by atoms with Gasteiger partial charge in [-0.2, -0.15) is 4.31 Å². The summed E-state index contributed by atoms with van der Waals surface area (Å²) in [5.74, 6) is 0.486. The standard InChI is InChI=1S/C31H40N6O3S2/c1-3-5-6-7-8-9-17-35-18-19-37(42(39,40)29-13-11-20-41-29)28(23-35)31(38)33-25-14-15-27-26(21-25)34-30(36(27)4-2)24-12-10-16-32-22-24/h10-16,20-22,28H,3-9,17-19,23H2,1-2H3,(H,33,38)/t28-/m0/s1. The van der Waals surface area contributed by atoms with Crippen LogP contribution < -0.4 is 5.32 Å². The molecule has 0 radical (unpaired) electrons. The Kier molecular flexibility index (Phi) is 10.0. The third kappa shape index (κ3) is 6.75. The average Bonchev–Trinajstić information content (AvgIpc) is 3.68. The normalized spacial score (nSPS) is 16.7. The van der Waals surface area contributed by atoms with Gasteiger partial charge in [0.1, 0.15) is 16.1 Å². The van der Waals surface area contributed by atoms with E-state index >= 15 is 0 Å². The molecule has 1 aromatic carbocycles. The van der Waals surface area contributed by atoms with Crippen LogP contribution in [0.25, 0.3) is 22.4 Å². The number of aryl methyl sites for hydroxylation is 1. The highest BCUT2D eigenvalue weighted by molar-refractivity contribution is 7.91. The molecule has 11 heteroatoms. The zero-order valence-electron chi connectivity index (χ0n) is 24.4. The second-order valence-corrected chi connectivity index (χ2v) is 13.8. The molecule has 9 nitrogen and oxygen atoms in total. The fourth-order valence-electron chi connectivity index (χ4n) is 5.64. The first kappa shape index (κ1) is 30.3. The molecule has 4 aromatic rings. The Morgan fingerprint density at radius 2 is 1.88 bits per heavy atom. The van der Waals surface area contributed by atoms with Crippen molar-refractivity contribution < 1.29 is 13.2 Å². The van der Waals surface area contributed by atoms with Gasteiger partial charge in [-0.05, 0) is 61.7 Å². The minimum atomic E-state index is -3.79. The van der Waals surface area contributed by atoms with E-state index in [9.17, 15) is 13.2 Å². The number of rotatable bonds is 13. The van der Waals surface area contributed by atoms with Crippen LogP contribution in [0.5, 0.6) is 0 Å². The Labute approximate surface area is 252 Å². The van der Waals surface area contributed by atoms with Crippen molar-refractivity contribution in [2.75, 3.05) is 31.5 Å². The van der Waals surface area contributed by atoms with E-state index in [1.54, 1.807) is 29.9 Å². The van der Waals surface area contributed by atoms with Crippen molar-refractivity contribution in [2.24, 2.45) is 0 Å². The third-order valence-corrected chi connectivity index (χ3v) is 11.1. The summed E-state index contributed by atoms with van der Waals surface area (Å²) in [4.78, 5) is 25.1. The van der Waals surface area contributed by atoms with Gasteiger partial charge in [-0.3, -0.25) is 14.7 Å². The van der Waals surface area contributed by atoms with E-state index in [0.717, 1.165) is 48.4 Å². The monoisotopic (exact) mass is 608 g/mol. The Morgan fingerprint density at radius 1 is 1.05 bits per heavy atom. The fourth-order valence-corrected chi connectivity index (χ4v) is 8.33. The zero-order chi connectivity index (χ0) is 29.5. The van der Waals surface area contributed by atoms with E-state index in [2.05, 4.69) is 33.6 Å². The number of nitrogens with zero attached hydrogens (tertiary/aromatic N) is 5. The van der Waals surface area contributed by atoms with Gasteiger partial charge in [0.05, 0.1) is 11.0 Å². The Hall–Kier alpha value is -3.12. The summed E-state index contributed by atoms with van der Waals surface area (Å²) >= 11 is 1.18. The number of imidazole rings is 1. The molecule has 1 aliphatic rings. The number of carbonyl (C=O) groups excluding carboxylic acids is 1. The van der Waals surface area contributed by atoms with Gasteiger partial charge in [0.25, 0.3) is 10.0 Å². The molecule has 3 aromatic heterocycles. The lowest BCUT2D eigenvalue weighted by Gasteiger charge is -2.39. The number of aromatic nitrogens is 3. The molecule has 0 unspecified atom stereocenters. The third-order valence-electron chi connectivity index (χ3n) is 7.86. The summed E-state index contributed by atoms with van der Waals surface area (Å²) in [6.07, 6.45) is 10.7. The van der Waals surface area contributed by atoms with Crippen molar-refractivity contribution in [3.05, 3.63) is 60.2 Å². The van der Waals surface area contributed by atoms with Crippen molar-refractivity contribution in [3.8, 4) is 11.4 Å². The van der Waals surface area contributed by atoms with Gasteiger partial charge < -0.3 is 9.88 Å². The van der Waals surface area contributed by atoms with Crippen LogP contribution in [-0.2, 0) is 21.4 Å². The molecule has 1 amide bonds. The first-order chi connectivity index (χ1) is 20.4. The number of carbonyl (C=O) groups is 1. The molecule has 0 saturated carbocycles. The summed E-state index contributed by atoms with van der Waals surface area (Å²) in [6.45, 7) is 7.13. The van der Waals surface area contributed by atoms with Crippen LogP contribution in [0.2, 0.25) is 0 Å². The van der Waals surface area contributed by atoms with E-state index < -0.39 is 16.1 Å². The number of amides is 1. The smallest absolute Gasteiger partial charge is 0.253 e. The minimum absolute atomic E-state index is 0.263. The molecule has 1 N–H and O–H groups in total. The largest absolute Gasteiger partial charge is 0.325 e. The van der Waals surface area contributed by atoms with Crippen LogP contribution in [0.1, 0.15) is 52.4 Å². The number of pyridine rings is 1. The van der Waals surface area contributed by atoms with Crippen molar-refractivity contribution >= 4 is 44.0 Å². The predicted octanol–water partition coefficient (Wildman–Crippen LogP) is 5.85. The topological polar surface area (TPSA) is 100 Å². The lowest BCUT2D eigenvalue weighted by Crippen LogP contribution is -2.59. The molecular formula is C31H40N6O3S2. The van der Waals surface area contributed by atoms with Crippen LogP contribution >= 0.6 is 11.3 Å². The summed E-state index contributed by atoms with van der Waals surface area (Å²) in [5.41, 5.74) is 3.22. The molecule has 5 rings (SSSR count). The van der Waals surface area contributed by atoms with Crippen molar-refractivity contribution in [3.63, 3.8) is 0 Å². The number of thiophene rings is 1. The second kappa shape index (κ2) is 13.9. The molecule has 1 atom stereocenters. The number of benzene rings is 1. The Balaban J connectivity index is 1.35. The van der Waals surface area contributed by atoms with Gasteiger partial charge in [0.2, 0.25) is 5.91 Å². The molecule has 4 heterocycles. The first-order valence-corrected chi connectivity index (χ1v) is 17.2. The Morgan fingerprint density at radius 3 is 2.62 bits per heavy atom. The average molecular weight is 609 g/mol.